The van der Waals surface area contributed by atoms with E-state index in [0.717, 1.165) is 30.3 Å². The van der Waals surface area contributed by atoms with E-state index < -0.39 is 52.8 Å². The number of benzene rings is 2. The van der Waals surface area contributed by atoms with E-state index in [1.807, 2.05) is 0 Å². The number of halogens is 6. The Bertz CT molecular complexity index is 904. The predicted octanol–water partition coefficient (Wildman–Crippen LogP) is 3.74. The minimum absolute atomic E-state index is 0.413. The fourth-order valence-electron chi connectivity index (χ4n) is 2.08. The Morgan fingerprint density at radius 2 is 1.55 bits per heavy atom. The summed E-state index contributed by atoms with van der Waals surface area (Å²) >= 11 is 0. The average molecular weight is 422 g/mol. The molecule has 0 heterocycles. The van der Waals surface area contributed by atoms with Crippen LogP contribution < -0.4 is 15.4 Å². The van der Waals surface area contributed by atoms with Gasteiger partial charge in [0.2, 0.25) is 0 Å². The first-order chi connectivity index (χ1) is 13.5. The van der Waals surface area contributed by atoms with Crippen molar-refractivity contribution >= 4 is 17.7 Å². The fraction of sp³-hybridized carbons (Fsp3) is 0.176. The van der Waals surface area contributed by atoms with Crippen molar-refractivity contribution < 1.29 is 45.4 Å². The van der Waals surface area contributed by atoms with E-state index in [2.05, 4.69) is 9.47 Å². The number of amides is 2. The molecule has 2 aromatic carbocycles. The number of hydrogen-bond acceptors (Lipinski definition) is 4. The van der Waals surface area contributed by atoms with E-state index in [4.69, 9.17) is 0 Å². The van der Waals surface area contributed by atoms with E-state index in [1.165, 1.54) is 5.32 Å². The molecule has 0 aliphatic rings. The first kappa shape index (κ1) is 21.9. The number of methoxy groups -OCH3 is 1. The van der Waals surface area contributed by atoms with Gasteiger partial charge >= 0.3 is 23.9 Å². The lowest BCUT2D eigenvalue weighted by atomic mass is 10.2. The lowest BCUT2D eigenvalue weighted by molar-refractivity contribution is -0.258. The van der Waals surface area contributed by atoms with Crippen LogP contribution in [0, 0.1) is 17.5 Å². The van der Waals surface area contributed by atoms with Gasteiger partial charge in [-0.3, -0.25) is 5.32 Å². The summed E-state index contributed by atoms with van der Waals surface area (Å²) in [5.74, 6) is -6.09. The Labute approximate surface area is 159 Å². The molecular weight excluding hydrogens is 410 g/mol. The lowest BCUT2D eigenvalue weighted by Crippen LogP contribution is -2.68. The van der Waals surface area contributed by atoms with Crippen LogP contribution in [0.2, 0.25) is 0 Å². The Morgan fingerprint density at radius 1 is 0.931 bits per heavy atom. The molecule has 0 unspecified atom stereocenters. The van der Waals surface area contributed by atoms with Crippen molar-refractivity contribution in [2.75, 3.05) is 12.4 Å². The molecule has 0 fully saturated rings. The molecule has 2 N–H and O–H groups in total. The van der Waals surface area contributed by atoms with Gasteiger partial charge in [0, 0.05) is 11.8 Å². The van der Waals surface area contributed by atoms with E-state index >= 15 is 0 Å². The van der Waals surface area contributed by atoms with Gasteiger partial charge in [-0.25, -0.2) is 22.8 Å². The molecule has 0 aliphatic heterocycles. The molecular formula is C17H12F6N2O4. The highest BCUT2D eigenvalue weighted by Crippen LogP contribution is 2.34. The molecule has 0 aliphatic carbocycles. The molecule has 29 heavy (non-hydrogen) atoms. The largest absolute Gasteiger partial charge is 0.464 e. The van der Waals surface area contributed by atoms with Crippen molar-refractivity contribution in [2.24, 2.45) is 0 Å². The molecule has 1 atom stereocenters. The van der Waals surface area contributed by atoms with Crippen molar-refractivity contribution in [3.63, 3.8) is 0 Å². The van der Waals surface area contributed by atoms with Gasteiger partial charge < -0.3 is 14.8 Å². The third-order valence-corrected chi connectivity index (χ3v) is 3.42. The van der Waals surface area contributed by atoms with E-state index in [1.54, 1.807) is 5.32 Å². The Morgan fingerprint density at radius 3 is 2.07 bits per heavy atom. The quantitative estimate of drug-likeness (QED) is 0.437. The number of ether oxygens (including phenoxy) is 2. The number of rotatable bonds is 5. The minimum Gasteiger partial charge on any atom is -0.464 e. The molecule has 0 spiro atoms. The highest BCUT2D eigenvalue weighted by molar-refractivity contribution is 5.94. The maximum absolute atomic E-state index is 13.7. The summed E-state index contributed by atoms with van der Waals surface area (Å²) < 4.78 is 89.1. The molecule has 0 saturated carbocycles. The van der Waals surface area contributed by atoms with E-state index in [9.17, 15) is 35.9 Å². The van der Waals surface area contributed by atoms with Crippen LogP contribution in [0.5, 0.6) is 5.75 Å². The number of carbonyl (C=O) groups excluding carboxylic acids is 2. The van der Waals surface area contributed by atoms with Gasteiger partial charge in [-0.1, -0.05) is 0 Å². The number of urea groups is 1. The SMILES string of the molecule is COC(=O)[C@](NC(=O)Nc1ccc(F)c(F)c1)(Oc1ccc(F)cc1)C(F)(F)F. The van der Waals surface area contributed by atoms with Crippen LogP contribution in [0.25, 0.3) is 0 Å². The zero-order chi connectivity index (χ0) is 21.8. The lowest BCUT2D eigenvalue weighted by Gasteiger charge is -2.33. The normalized spacial score (nSPS) is 13.2. The number of carbonyl (C=O) groups is 2. The fourth-order valence-corrected chi connectivity index (χ4v) is 2.08. The van der Waals surface area contributed by atoms with Crippen molar-refractivity contribution in [2.45, 2.75) is 11.9 Å². The van der Waals surface area contributed by atoms with Crippen molar-refractivity contribution in [3.05, 3.63) is 59.9 Å². The first-order valence-corrected chi connectivity index (χ1v) is 7.62. The summed E-state index contributed by atoms with van der Waals surface area (Å²) in [6.07, 6.45) is -5.54. The number of alkyl halides is 3. The molecule has 2 rings (SSSR count). The van der Waals surface area contributed by atoms with Crippen LogP contribution in [-0.2, 0) is 9.53 Å². The summed E-state index contributed by atoms with van der Waals surface area (Å²) in [5.41, 5.74) is -4.44. The third kappa shape index (κ3) is 4.89. The Hall–Kier alpha value is -3.44. The van der Waals surface area contributed by atoms with Crippen LogP contribution in [0.4, 0.5) is 36.8 Å². The summed E-state index contributed by atoms with van der Waals surface area (Å²) in [7, 11) is 0.617. The third-order valence-electron chi connectivity index (χ3n) is 3.42. The summed E-state index contributed by atoms with van der Waals surface area (Å²) in [6.45, 7) is 0. The second-order valence-corrected chi connectivity index (χ2v) is 5.43. The molecule has 0 saturated heterocycles. The van der Waals surface area contributed by atoms with Crippen molar-refractivity contribution in [1.82, 2.24) is 5.32 Å². The topological polar surface area (TPSA) is 76.7 Å². The molecule has 0 radical (unpaired) electrons. The molecule has 12 heteroatoms. The van der Waals surface area contributed by atoms with Gasteiger partial charge in [0.1, 0.15) is 11.6 Å². The smallest absolute Gasteiger partial charge is 0.460 e. The van der Waals surface area contributed by atoms with Crippen LogP contribution in [-0.4, -0.2) is 31.0 Å². The molecule has 2 amide bonds. The number of nitrogens with one attached hydrogen (secondary N) is 2. The van der Waals surface area contributed by atoms with Gasteiger partial charge in [0.05, 0.1) is 7.11 Å². The zero-order valence-corrected chi connectivity index (χ0v) is 14.4. The molecule has 6 nitrogen and oxygen atoms in total. The molecule has 0 aromatic heterocycles. The van der Waals surface area contributed by atoms with Gasteiger partial charge in [-0.05, 0) is 36.4 Å². The van der Waals surface area contributed by atoms with Crippen LogP contribution in [0.3, 0.4) is 0 Å². The molecule has 0 bridgehead atoms. The number of anilines is 1. The predicted molar refractivity (Wildman–Crippen MR) is 86.3 cm³/mol. The first-order valence-electron chi connectivity index (χ1n) is 7.62. The molecule has 156 valence electrons. The second kappa shape index (κ2) is 8.29. The van der Waals surface area contributed by atoms with Crippen LogP contribution >= 0.6 is 0 Å². The van der Waals surface area contributed by atoms with Gasteiger partial charge in [0.25, 0.3) is 0 Å². The number of hydrogen-bond donors (Lipinski definition) is 2. The van der Waals surface area contributed by atoms with E-state index in [0.29, 0.717) is 19.2 Å². The van der Waals surface area contributed by atoms with Crippen LogP contribution in [0.1, 0.15) is 0 Å². The highest BCUT2D eigenvalue weighted by atomic mass is 19.4. The van der Waals surface area contributed by atoms with Gasteiger partial charge in [0.15, 0.2) is 11.6 Å². The zero-order valence-electron chi connectivity index (χ0n) is 14.4. The standard InChI is InChI=1S/C17H12F6N2O4/c1-28-14(26)16(17(21,22)23,29-11-5-2-9(18)3-6-11)25-15(27)24-10-4-7-12(19)13(20)8-10/h2-8H,1H3,(H2,24,25,27)/t16-/m0/s1. The molecule has 2 aromatic rings. The minimum atomic E-state index is -5.54. The van der Waals surface area contributed by atoms with Crippen molar-refractivity contribution in [3.8, 4) is 5.75 Å². The maximum Gasteiger partial charge on any atom is 0.460 e. The summed E-state index contributed by atoms with van der Waals surface area (Å²) in [5, 5.41) is 3.09. The maximum atomic E-state index is 13.7. The summed E-state index contributed by atoms with van der Waals surface area (Å²) in [4.78, 5) is 24.0. The monoisotopic (exact) mass is 422 g/mol. The second-order valence-electron chi connectivity index (χ2n) is 5.43. The van der Waals surface area contributed by atoms with Crippen molar-refractivity contribution in [1.29, 1.82) is 0 Å². The highest BCUT2D eigenvalue weighted by Gasteiger charge is 2.66. The average Bonchev–Trinajstić information content (AvgIpc) is 2.64. The number of esters is 1. The van der Waals surface area contributed by atoms with Gasteiger partial charge in [-0.2, -0.15) is 13.2 Å². The van der Waals surface area contributed by atoms with Crippen LogP contribution in [0.15, 0.2) is 42.5 Å². The Kier molecular flexibility index (Phi) is 6.25. The van der Waals surface area contributed by atoms with E-state index in [-0.39, 0.29) is 0 Å². The summed E-state index contributed by atoms with van der Waals surface area (Å²) in [6, 6.07) is 3.43. The van der Waals surface area contributed by atoms with Gasteiger partial charge in [-0.15, -0.1) is 0 Å². The Balaban J connectivity index is 2.37.